The summed E-state index contributed by atoms with van der Waals surface area (Å²) in [6, 6.07) is 15.6. The molecule has 0 radical (unpaired) electrons. The summed E-state index contributed by atoms with van der Waals surface area (Å²) in [6.45, 7) is 2.11. The van der Waals surface area contributed by atoms with E-state index in [-0.39, 0.29) is 12.6 Å². The van der Waals surface area contributed by atoms with E-state index in [1.54, 1.807) is 6.26 Å². The summed E-state index contributed by atoms with van der Waals surface area (Å²) in [6.07, 6.45) is 1.67. The van der Waals surface area contributed by atoms with Crippen molar-refractivity contribution in [3.05, 3.63) is 59.7 Å². The Labute approximate surface area is 122 Å². The molecule has 20 heavy (non-hydrogen) atoms. The smallest absolute Gasteiger partial charge is 0.0681 e. The molecule has 0 fully saturated rings. The SMILES string of the molecule is CC(Nc1cccc(S(C)=O)c1)c1cccc(CO)c1. The zero-order valence-corrected chi connectivity index (χ0v) is 12.5. The number of benzene rings is 2. The molecule has 2 N–H and O–H groups in total. The molecule has 2 rings (SSSR count). The topological polar surface area (TPSA) is 49.3 Å². The van der Waals surface area contributed by atoms with Crippen molar-refractivity contribution in [3.8, 4) is 0 Å². The Hall–Kier alpha value is -1.65. The van der Waals surface area contributed by atoms with Crippen LogP contribution in [0.15, 0.2) is 53.4 Å². The fourth-order valence-corrected chi connectivity index (χ4v) is 2.62. The summed E-state index contributed by atoms with van der Waals surface area (Å²) < 4.78 is 11.5. The number of hydrogen-bond donors (Lipinski definition) is 2. The van der Waals surface area contributed by atoms with Gasteiger partial charge in [0.1, 0.15) is 0 Å². The molecule has 0 spiro atoms. The Morgan fingerprint density at radius 2 is 1.95 bits per heavy atom. The van der Waals surface area contributed by atoms with Crippen molar-refractivity contribution >= 4 is 16.5 Å². The third-order valence-corrected chi connectivity index (χ3v) is 4.10. The van der Waals surface area contributed by atoms with Crippen molar-refractivity contribution in [1.29, 1.82) is 0 Å². The molecule has 0 aliphatic carbocycles. The fraction of sp³-hybridized carbons (Fsp3) is 0.250. The molecule has 0 saturated heterocycles. The first kappa shape index (κ1) is 14.8. The van der Waals surface area contributed by atoms with E-state index in [0.717, 1.165) is 21.7 Å². The molecule has 0 aromatic heterocycles. The van der Waals surface area contributed by atoms with E-state index in [0.29, 0.717) is 0 Å². The molecule has 0 saturated carbocycles. The molecule has 4 heteroatoms. The van der Waals surface area contributed by atoms with Gasteiger partial charge in [-0.05, 0) is 36.2 Å². The number of aliphatic hydroxyl groups is 1. The van der Waals surface area contributed by atoms with Gasteiger partial charge < -0.3 is 10.4 Å². The number of rotatable bonds is 5. The minimum Gasteiger partial charge on any atom is -0.392 e. The highest BCUT2D eigenvalue weighted by Gasteiger charge is 2.07. The van der Waals surface area contributed by atoms with Gasteiger partial charge in [-0.2, -0.15) is 0 Å². The van der Waals surface area contributed by atoms with Gasteiger partial charge in [-0.25, -0.2) is 0 Å². The monoisotopic (exact) mass is 289 g/mol. The minimum absolute atomic E-state index is 0.0465. The molecular formula is C16H19NO2S. The van der Waals surface area contributed by atoms with Crippen molar-refractivity contribution in [3.63, 3.8) is 0 Å². The largest absolute Gasteiger partial charge is 0.392 e. The van der Waals surface area contributed by atoms with Gasteiger partial charge in [0.25, 0.3) is 0 Å². The van der Waals surface area contributed by atoms with E-state index in [1.807, 2.05) is 48.5 Å². The zero-order chi connectivity index (χ0) is 14.5. The summed E-state index contributed by atoms with van der Waals surface area (Å²) >= 11 is 0. The van der Waals surface area contributed by atoms with Crippen LogP contribution >= 0.6 is 0 Å². The molecule has 3 nitrogen and oxygen atoms in total. The number of anilines is 1. The van der Waals surface area contributed by atoms with Crippen LogP contribution in [0, 0.1) is 0 Å². The molecule has 0 aliphatic rings. The van der Waals surface area contributed by atoms with Gasteiger partial charge in [0, 0.05) is 33.7 Å². The van der Waals surface area contributed by atoms with Crippen LogP contribution in [0.2, 0.25) is 0 Å². The molecule has 2 aromatic carbocycles. The predicted molar refractivity (Wildman–Crippen MR) is 83.2 cm³/mol. The highest BCUT2D eigenvalue weighted by Crippen LogP contribution is 2.21. The molecule has 2 unspecified atom stereocenters. The summed E-state index contributed by atoms with van der Waals surface area (Å²) in [5.41, 5.74) is 2.96. The first-order chi connectivity index (χ1) is 9.60. The van der Waals surface area contributed by atoms with Gasteiger partial charge in [0.05, 0.1) is 6.61 Å². The molecule has 106 valence electrons. The second-order valence-electron chi connectivity index (χ2n) is 4.75. The molecule has 2 aromatic rings. The van der Waals surface area contributed by atoms with Crippen LogP contribution in [0.25, 0.3) is 0 Å². The average Bonchev–Trinajstić information content (AvgIpc) is 2.47. The van der Waals surface area contributed by atoms with Gasteiger partial charge in [-0.1, -0.05) is 30.3 Å². The predicted octanol–water partition coefficient (Wildman–Crippen LogP) is 3.09. The summed E-state index contributed by atoms with van der Waals surface area (Å²) in [5, 5.41) is 12.6. The molecule has 0 bridgehead atoms. The van der Waals surface area contributed by atoms with E-state index in [2.05, 4.69) is 12.2 Å². The maximum absolute atomic E-state index is 11.5. The highest BCUT2D eigenvalue weighted by molar-refractivity contribution is 7.84. The van der Waals surface area contributed by atoms with Gasteiger partial charge in [-0.3, -0.25) is 4.21 Å². The normalized spacial score (nSPS) is 13.8. The number of hydrogen-bond acceptors (Lipinski definition) is 3. The Morgan fingerprint density at radius 1 is 1.20 bits per heavy atom. The second-order valence-corrected chi connectivity index (χ2v) is 6.13. The lowest BCUT2D eigenvalue weighted by atomic mass is 10.1. The van der Waals surface area contributed by atoms with Crippen LogP contribution in [-0.2, 0) is 17.4 Å². The van der Waals surface area contributed by atoms with E-state index in [9.17, 15) is 9.32 Å². The maximum atomic E-state index is 11.5. The van der Waals surface area contributed by atoms with Crippen molar-refractivity contribution in [2.75, 3.05) is 11.6 Å². The van der Waals surface area contributed by atoms with E-state index >= 15 is 0 Å². The first-order valence-corrected chi connectivity index (χ1v) is 8.05. The van der Waals surface area contributed by atoms with Crippen LogP contribution in [0.3, 0.4) is 0 Å². The van der Waals surface area contributed by atoms with Crippen molar-refractivity contribution in [1.82, 2.24) is 0 Å². The van der Waals surface area contributed by atoms with Crippen LogP contribution in [-0.4, -0.2) is 15.6 Å². The molecule has 0 aliphatic heterocycles. The van der Waals surface area contributed by atoms with Crippen LogP contribution in [0.4, 0.5) is 5.69 Å². The Kier molecular flexibility index (Phi) is 4.93. The highest BCUT2D eigenvalue weighted by atomic mass is 32.2. The first-order valence-electron chi connectivity index (χ1n) is 6.50. The van der Waals surface area contributed by atoms with Gasteiger partial charge in [0.15, 0.2) is 0 Å². The quantitative estimate of drug-likeness (QED) is 0.889. The average molecular weight is 289 g/mol. The summed E-state index contributed by atoms with van der Waals surface area (Å²) in [7, 11) is -0.977. The Bertz CT molecular complexity index is 613. The van der Waals surface area contributed by atoms with Crippen LogP contribution in [0.1, 0.15) is 24.1 Å². The fourth-order valence-electron chi connectivity index (χ4n) is 2.06. The lowest BCUT2D eigenvalue weighted by Gasteiger charge is -2.17. The van der Waals surface area contributed by atoms with Crippen LogP contribution < -0.4 is 5.32 Å². The van der Waals surface area contributed by atoms with E-state index in [4.69, 9.17) is 0 Å². The van der Waals surface area contributed by atoms with Gasteiger partial charge in [0.2, 0.25) is 0 Å². The second kappa shape index (κ2) is 6.68. The lowest BCUT2D eigenvalue weighted by Crippen LogP contribution is -2.07. The van der Waals surface area contributed by atoms with Crippen molar-refractivity contribution in [2.45, 2.75) is 24.5 Å². The number of nitrogens with one attached hydrogen (secondary N) is 1. The molecule has 2 atom stereocenters. The molecular weight excluding hydrogens is 270 g/mol. The van der Waals surface area contributed by atoms with Crippen molar-refractivity contribution < 1.29 is 9.32 Å². The van der Waals surface area contributed by atoms with Crippen molar-refractivity contribution in [2.24, 2.45) is 0 Å². The maximum Gasteiger partial charge on any atom is 0.0681 e. The number of aliphatic hydroxyl groups excluding tert-OH is 1. The lowest BCUT2D eigenvalue weighted by molar-refractivity contribution is 0.281. The summed E-state index contributed by atoms with van der Waals surface area (Å²) in [4.78, 5) is 0.811. The minimum atomic E-state index is -0.977. The van der Waals surface area contributed by atoms with Gasteiger partial charge in [-0.15, -0.1) is 0 Å². The van der Waals surface area contributed by atoms with E-state index in [1.165, 1.54) is 0 Å². The molecule has 0 amide bonds. The Morgan fingerprint density at radius 3 is 2.65 bits per heavy atom. The standard InChI is InChI=1S/C16H19NO2S/c1-12(14-6-3-5-13(9-14)11-18)17-15-7-4-8-16(10-15)20(2)19/h3-10,12,17-18H,11H2,1-2H3. The van der Waals surface area contributed by atoms with Gasteiger partial charge >= 0.3 is 0 Å². The molecule has 0 heterocycles. The third kappa shape index (κ3) is 3.68. The van der Waals surface area contributed by atoms with E-state index < -0.39 is 10.8 Å². The third-order valence-electron chi connectivity index (χ3n) is 3.18. The Balaban J connectivity index is 2.16. The van der Waals surface area contributed by atoms with Crippen LogP contribution in [0.5, 0.6) is 0 Å². The zero-order valence-electron chi connectivity index (χ0n) is 11.7. The summed E-state index contributed by atoms with van der Waals surface area (Å²) in [5.74, 6) is 0.